The molecule has 0 aliphatic heterocycles. The van der Waals surface area contributed by atoms with Gasteiger partial charge in [0.05, 0.1) is 15.2 Å². The van der Waals surface area contributed by atoms with Crippen molar-refractivity contribution in [3.63, 3.8) is 0 Å². The lowest BCUT2D eigenvalue weighted by Gasteiger charge is -2.11. The van der Waals surface area contributed by atoms with Gasteiger partial charge in [0.15, 0.2) is 9.84 Å². The summed E-state index contributed by atoms with van der Waals surface area (Å²) in [6.45, 7) is 0. The first-order chi connectivity index (χ1) is 8.41. The third-order valence-corrected chi connectivity index (χ3v) is 6.46. The van der Waals surface area contributed by atoms with Crippen molar-refractivity contribution in [1.29, 1.82) is 0 Å². The molecule has 1 aromatic rings. The van der Waals surface area contributed by atoms with Crippen LogP contribution in [0.2, 0.25) is 5.02 Å². The zero-order chi connectivity index (χ0) is 13.0. The van der Waals surface area contributed by atoms with E-state index in [9.17, 15) is 8.42 Å². The van der Waals surface area contributed by atoms with Gasteiger partial charge in [-0.1, -0.05) is 17.7 Å². The maximum absolute atomic E-state index is 12.1. The van der Waals surface area contributed by atoms with E-state index in [-0.39, 0.29) is 15.7 Å². The van der Waals surface area contributed by atoms with Crippen molar-refractivity contribution in [1.82, 2.24) is 0 Å². The van der Waals surface area contributed by atoms with Crippen LogP contribution in [-0.2, 0) is 16.3 Å². The monoisotopic (exact) mass is 285 g/mol. The number of sulfone groups is 1. The summed E-state index contributed by atoms with van der Waals surface area (Å²) in [5.41, 5.74) is 6.99. The minimum absolute atomic E-state index is 0.0831. The highest BCUT2D eigenvalue weighted by molar-refractivity contribution is 7.92. The lowest BCUT2D eigenvalue weighted by molar-refractivity contribution is 0.595. The molecule has 2 fully saturated rings. The van der Waals surface area contributed by atoms with Gasteiger partial charge in [0, 0.05) is 5.54 Å². The van der Waals surface area contributed by atoms with Crippen molar-refractivity contribution in [2.24, 2.45) is 5.73 Å². The van der Waals surface area contributed by atoms with Crippen molar-refractivity contribution < 1.29 is 8.42 Å². The zero-order valence-corrected chi connectivity index (χ0v) is 11.6. The SMILES string of the molecule is NC1(Cc2ccc(S(=O)(=O)C3CC3)c(Cl)c2)CC1. The Morgan fingerprint density at radius 3 is 2.50 bits per heavy atom. The molecule has 0 unspecified atom stereocenters. The molecule has 2 aliphatic carbocycles. The molecule has 0 atom stereocenters. The number of halogens is 1. The van der Waals surface area contributed by atoms with Crippen LogP contribution in [0.15, 0.2) is 23.1 Å². The highest BCUT2D eigenvalue weighted by Crippen LogP contribution is 2.39. The second kappa shape index (κ2) is 3.95. The first kappa shape index (κ1) is 12.5. The Kier molecular flexibility index (Phi) is 2.74. The van der Waals surface area contributed by atoms with E-state index >= 15 is 0 Å². The minimum atomic E-state index is -3.20. The summed E-state index contributed by atoms with van der Waals surface area (Å²) in [4.78, 5) is 0.275. The summed E-state index contributed by atoms with van der Waals surface area (Å²) >= 11 is 6.12. The first-order valence-corrected chi connectivity index (χ1v) is 8.14. The Bertz CT molecular complexity index is 589. The second-order valence-corrected chi connectivity index (χ2v) is 8.15. The first-order valence-electron chi connectivity index (χ1n) is 6.22. The van der Waals surface area contributed by atoms with Gasteiger partial charge in [-0.2, -0.15) is 0 Å². The Morgan fingerprint density at radius 1 is 1.33 bits per heavy atom. The topological polar surface area (TPSA) is 60.2 Å². The maximum Gasteiger partial charge on any atom is 0.182 e. The van der Waals surface area contributed by atoms with Crippen molar-refractivity contribution in [2.75, 3.05) is 0 Å². The number of rotatable bonds is 4. The van der Waals surface area contributed by atoms with E-state index in [4.69, 9.17) is 17.3 Å². The lowest BCUT2D eigenvalue weighted by atomic mass is 10.1. The van der Waals surface area contributed by atoms with Gasteiger partial charge in [0.1, 0.15) is 0 Å². The lowest BCUT2D eigenvalue weighted by Crippen LogP contribution is -2.24. The molecule has 0 bridgehead atoms. The number of hydrogen-bond donors (Lipinski definition) is 1. The Balaban J connectivity index is 1.89. The van der Waals surface area contributed by atoms with Crippen LogP contribution < -0.4 is 5.73 Å². The summed E-state index contributed by atoms with van der Waals surface area (Å²) in [6, 6.07) is 5.23. The van der Waals surface area contributed by atoms with Crippen molar-refractivity contribution in [2.45, 2.75) is 47.8 Å². The number of hydrogen-bond acceptors (Lipinski definition) is 3. The zero-order valence-electron chi connectivity index (χ0n) is 10.0. The summed E-state index contributed by atoms with van der Waals surface area (Å²) in [5.74, 6) is 0. The Labute approximate surface area is 112 Å². The van der Waals surface area contributed by atoms with Crippen LogP contribution in [0, 0.1) is 0 Å². The van der Waals surface area contributed by atoms with Gasteiger partial charge in [0.25, 0.3) is 0 Å². The smallest absolute Gasteiger partial charge is 0.182 e. The highest BCUT2D eigenvalue weighted by atomic mass is 35.5. The van der Waals surface area contributed by atoms with Gasteiger partial charge in [0.2, 0.25) is 0 Å². The standard InChI is InChI=1S/C13H16ClNO2S/c14-11-7-9(8-13(15)5-6-13)1-4-12(11)18(16,17)10-2-3-10/h1,4,7,10H,2-3,5-6,8,15H2. The minimum Gasteiger partial charge on any atom is -0.325 e. The largest absolute Gasteiger partial charge is 0.325 e. The van der Waals surface area contributed by atoms with Crippen LogP contribution in [0.25, 0.3) is 0 Å². The van der Waals surface area contributed by atoms with Crippen LogP contribution in [0.1, 0.15) is 31.2 Å². The van der Waals surface area contributed by atoms with Gasteiger partial charge in [-0.3, -0.25) is 0 Å². The van der Waals surface area contributed by atoms with E-state index < -0.39 is 9.84 Å². The van der Waals surface area contributed by atoms with E-state index in [1.165, 1.54) is 0 Å². The fourth-order valence-corrected chi connectivity index (χ4v) is 4.42. The summed E-state index contributed by atoms with van der Waals surface area (Å²) in [7, 11) is -3.20. The van der Waals surface area contributed by atoms with Gasteiger partial charge in [-0.25, -0.2) is 8.42 Å². The number of nitrogens with two attached hydrogens (primary N) is 1. The summed E-state index contributed by atoms with van der Waals surface area (Å²) in [5, 5.41) is 0.119. The van der Waals surface area contributed by atoms with Gasteiger partial charge < -0.3 is 5.73 Å². The number of benzene rings is 1. The summed E-state index contributed by atoms with van der Waals surface area (Å²) in [6.07, 6.45) is 4.36. The molecule has 18 heavy (non-hydrogen) atoms. The molecule has 0 amide bonds. The molecule has 0 aromatic heterocycles. The second-order valence-electron chi connectivity index (χ2n) is 5.55. The van der Waals surface area contributed by atoms with Crippen LogP contribution >= 0.6 is 11.6 Å². The van der Waals surface area contributed by atoms with Crippen molar-refractivity contribution >= 4 is 21.4 Å². The Hall–Kier alpha value is -0.580. The molecule has 2 saturated carbocycles. The Morgan fingerprint density at radius 2 is 2.00 bits per heavy atom. The van der Waals surface area contributed by atoms with E-state index in [1.807, 2.05) is 6.07 Å². The molecule has 2 N–H and O–H groups in total. The van der Waals surface area contributed by atoms with E-state index in [0.717, 1.165) is 37.7 Å². The molecule has 1 aromatic carbocycles. The molecule has 0 saturated heterocycles. The van der Waals surface area contributed by atoms with Gasteiger partial charge in [-0.15, -0.1) is 0 Å². The molecule has 2 aliphatic rings. The molecule has 3 rings (SSSR count). The maximum atomic E-state index is 12.1. The predicted octanol–water partition coefficient (Wildman–Crippen LogP) is 2.31. The average molecular weight is 286 g/mol. The van der Waals surface area contributed by atoms with E-state index in [2.05, 4.69) is 0 Å². The normalized spacial score (nSPS) is 21.9. The fourth-order valence-electron chi connectivity index (χ4n) is 2.19. The molecule has 0 spiro atoms. The molecular weight excluding hydrogens is 270 g/mol. The van der Waals surface area contributed by atoms with Gasteiger partial charge in [-0.05, 0) is 49.8 Å². The van der Waals surface area contributed by atoms with E-state index in [0.29, 0.717) is 5.02 Å². The fraction of sp³-hybridized carbons (Fsp3) is 0.538. The van der Waals surface area contributed by atoms with Crippen molar-refractivity contribution in [3.8, 4) is 0 Å². The summed E-state index contributed by atoms with van der Waals surface area (Å²) < 4.78 is 24.2. The molecule has 0 radical (unpaired) electrons. The molecule has 5 heteroatoms. The van der Waals surface area contributed by atoms with Crippen LogP contribution in [0.4, 0.5) is 0 Å². The van der Waals surface area contributed by atoms with E-state index in [1.54, 1.807) is 12.1 Å². The average Bonchev–Trinajstić information content (AvgIpc) is 3.12. The van der Waals surface area contributed by atoms with Crippen LogP contribution in [0.3, 0.4) is 0 Å². The van der Waals surface area contributed by atoms with Crippen LogP contribution in [0.5, 0.6) is 0 Å². The highest BCUT2D eigenvalue weighted by Gasteiger charge is 2.39. The molecule has 98 valence electrons. The van der Waals surface area contributed by atoms with Crippen molar-refractivity contribution in [3.05, 3.63) is 28.8 Å². The molecular formula is C13H16ClNO2S. The third kappa shape index (κ3) is 2.29. The van der Waals surface area contributed by atoms with Gasteiger partial charge >= 0.3 is 0 Å². The quantitative estimate of drug-likeness (QED) is 0.923. The molecule has 0 heterocycles. The van der Waals surface area contributed by atoms with Crippen LogP contribution in [-0.4, -0.2) is 19.2 Å². The third-order valence-electron chi connectivity index (χ3n) is 3.71. The predicted molar refractivity (Wildman–Crippen MR) is 71.5 cm³/mol. The molecule has 3 nitrogen and oxygen atoms in total.